The van der Waals surface area contributed by atoms with Crippen molar-refractivity contribution in [2.75, 3.05) is 54.4 Å². The highest BCUT2D eigenvalue weighted by Gasteiger charge is 2.36. The number of hydrogen-bond acceptors (Lipinski definition) is 9. The van der Waals surface area contributed by atoms with Gasteiger partial charge in [0.2, 0.25) is 0 Å². The third-order valence-electron chi connectivity index (χ3n) is 21.5. The lowest BCUT2D eigenvalue weighted by Crippen LogP contribution is -2.31. The van der Waals surface area contributed by atoms with Gasteiger partial charge in [-0.1, -0.05) is 94.4 Å². The predicted octanol–water partition coefficient (Wildman–Crippen LogP) is 17.4. The molecule has 0 fully saturated rings. The number of aliphatic hydroxyl groups excluding tert-OH is 1. The number of rotatable bonds is 13. The van der Waals surface area contributed by atoms with Crippen molar-refractivity contribution in [2.45, 2.75) is 142 Å². The van der Waals surface area contributed by atoms with Crippen molar-refractivity contribution in [3.8, 4) is 0 Å². The maximum Gasteiger partial charge on any atom is 0.152 e. The molecule has 4 atom stereocenters. The number of fused-ring (bicyclic) bond motifs is 12. The van der Waals surface area contributed by atoms with Gasteiger partial charge in [0.05, 0.1) is 32.8 Å². The summed E-state index contributed by atoms with van der Waals surface area (Å²) in [6.45, 7) is 17.9. The molecule has 4 unspecified atom stereocenters. The Morgan fingerprint density at radius 2 is 0.808 bits per heavy atom. The lowest BCUT2D eigenvalue weighted by atomic mass is 9.95. The Morgan fingerprint density at radius 3 is 1.22 bits per heavy atom. The molecule has 20 heteroatoms. The first-order valence-electron chi connectivity index (χ1n) is 35.6. The summed E-state index contributed by atoms with van der Waals surface area (Å²) in [6.07, 6.45) is 10.3. The van der Waals surface area contributed by atoms with E-state index in [9.17, 15) is 19.7 Å². The number of aryl methyl sites for hydroxylation is 1. The molecule has 0 aliphatic carbocycles. The van der Waals surface area contributed by atoms with Gasteiger partial charge in [-0.2, -0.15) is 0 Å². The molecular weight excluding hydrogens is 1400 g/mol. The molecule has 0 spiro atoms. The Labute approximate surface area is 627 Å². The third kappa shape index (κ3) is 15.7. The first kappa shape index (κ1) is 74.7. The summed E-state index contributed by atoms with van der Waals surface area (Å²) < 4.78 is 53.2. The SMILES string of the molecule is CN1CCc2c(c3cc(CO)ccc3n2CC(C)(F)c2cccnc2)C1.CN1CCc2c(c3cc(Cl)ccc3n2CC(C)(O)c2ccc(Cl)cc2Cl)C1.CN1CCc2c(c3cc(Cl)ccc3n2CC(C)(O)c2ccc(F)cc2)C1.Cc1ccc2c(c1)c1c(n2CC(C)(F)c2cccnc2)CCN(C)C1. The quantitative estimate of drug-likeness (QED) is 0.104. The van der Waals surface area contributed by atoms with Crippen molar-refractivity contribution in [3.63, 3.8) is 0 Å². The highest BCUT2D eigenvalue weighted by Crippen LogP contribution is 2.42. The number of pyridine rings is 2. The van der Waals surface area contributed by atoms with Gasteiger partial charge in [-0.15, -0.1) is 0 Å². The summed E-state index contributed by atoms with van der Waals surface area (Å²) in [5.41, 5.74) is 14.1. The van der Waals surface area contributed by atoms with Crippen LogP contribution in [0.2, 0.25) is 20.1 Å². The van der Waals surface area contributed by atoms with E-state index in [1.54, 1.807) is 101 Å². The van der Waals surface area contributed by atoms with Crippen molar-refractivity contribution in [3.05, 3.63) is 269 Å². The molecule has 4 aliphatic heterocycles. The highest BCUT2D eigenvalue weighted by molar-refractivity contribution is 6.35. The molecule has 13 nitrogen and oxygen atoms in total. The first-order valence-corrected chi connectivity index (χ1v) is 37.1. The van der Waals surface area contributed by atoms with E-state index < -0.39 is 22.5 Å². The summed E-state index contributed by atoms with van der Waals surface area (Å²) in [5, 5.41) is 39.1. The van der Waals surface area contributed by atoms with Gasteiger partial charge < -0.3 is 53.2 Å². The third-order valence-corrected chi connectivity index (χ3v) is 22.5. The van der Waals surface area contributed by atoms with Gasteiger partial charge in [0.15, 0.2) is 11.3 Å². The summed E-state index contributed by atoms with van der Waals surface area (Å²) >= 11 is 24.9. The number of aromatic nitrogens is 6. The molecule has 6 aromatic heterocycles. The van der Waals surface area contributed by atoms with Gasteiger partial charge in [-0.25, -0.2) is 13.2 Å². The standard InChI is InChI=1S/C21H21Cl3N2O.C21H22ClFN2O.C21H24FN3O.C21H24FN3/c1-21(27,17-5-3-14(23)10-18(17)24)12-26-19-6-4-13(22)9-15(19)16-11-25(2)8-7-20(16)26;1-21(26,14-3-6-16(23)7-4-14)13-25-19-8-5-15(22)11-17(19)18-12-24(2)10-9-20(18)25;1-21(22,16-4-3-8-23-11-16)14-25-19-6-5-15(13-26)10-17(19)18-12-24(2)9-7-20(18)25;1-15-6-7-19-17(11-15)18-13-24(3)10-8-20(18)25(19)14-21(2,22)16-5-4-9-23-12-16/h3-6,9-10,27H,7-8,11-12H2,1-2H3;3-8,11,26H,9-10,12-13H2,1-2H3;3-6,8,10-11,26H,7,9,12-14H2,1-2H3;4-7,9,11-12H,8,10,13-14H2,1-3H3. The van der Waals surface area contributed by atoms with E-state index in [1.807, 2.05) is 60.7 Å². The lowest BCUT2D eigenvalue weighted by molar-refractivity contribution is 0.0381. The molecule has 104 heavy (non-hydrogen) atoms. The van der Waals surface area contributed by atoms with Crippen molar-refractivity contribution in [1.82, 2.24) is 47.8 Å². The van der Waals surface area contributed by atoms with Crippen LogP contribution in [0, 0.1) is 12.7 Å². The number of hydrogen-bond donors (Lipinski definition) is 3. The van der Waals surface area contributed by atoms with Crippen molar-refractivity contribution < 1.29 is 28.5 Å². The van der Waals surface area contributed by atoms with Crippen LogP contribution < -0.4 is 0 Å². The molecule has 4 aliphatic rings. The van der Waals surface area contributed by atoms with Crippen LogP contribution in [0.5, 0.6) is 0 Å². The van der Waals surface area contributed by atoms with Crippen LogP contribution in [0.15, 0.2) is 164 Å². The van der Waals surface area contributed by atoms with Gasteiger partial charge >= 0.3 is 0 Å². The van der Waals surface area contributed by atoms with Crippen LogP contribution >= 0.6 is 46.4 Å². The molecule has 0 bridgehead atoms. The summed E-state index contributed by atoms with van der Waals surface area (Å²) in [7, 11) is 8.50. The topological polar surface area (TPSA) is 119 Å². The van der Waals surface area contributed by atoms with Crippen molar-refractivity contribution >= 4 is 90.0 Å². The molecule has 0 radical (unpaired) electrons. The van der Waals surface area contributed by atoms with E-state index in [4.69, 9.17) is 46.4 Å². The normalized spacial score (nSPS) is 17.3. The molecule has 16 rings (SSSR count). The fraction of sp³-hybridized carbons (Fsp3) is 0.357. The minimum Gasteiger partial charge on any atom is -0.392 e. The minimum absolute atomic E-state index is 0.0161. The van der Waals surface area contributed by atoms with E-state index in [0.29, 0.717) is 51.9 Å². The minimum atomic E-state index is -1.51. The lowest BCUT2D eigenvalue weighted by Gasteiger charge is -2.29. The Kier molecular flexibility index (Phi) is 21.8. The van der Waals surface area contributed by atoms with Crippen LogP contribution in [-0.4, -0.2) is 118 Å². The van der Waals surface area contributed by atoms with Crippen LogP contribution in [-0.2, 0) is 107 Å². The number of likely N-dealkylation sites (N-methyl/N-ethyl adjacent to an activating group) is 4. The second kappa shape index (κ2) is 30.4. The molecule has 0 saturated carbocycles. The number of halogens is 7. The molecule has 0 amide bonds. The molecule has 0 saturated heterocycles. The Hall–Kier alpha value is -7.55. The zero-order chi connectivity index (χ0) is 73.7. The highest BCUT2D eigenvalue weighted by atomic mass is 35.5. The van der Waals surface area contributed by atoms with Crippen molar-refractivity contribution in [2.24, 2.45) is 0 Å². The van der Waals surface area contributed by atoms with Crippen LogP contribution in [0.3, 0.4) is 0 Å². The summed E-state index contributed by atoms with van der Waals surface area (Å²) in [5.74, 6) is -0.300. The van der Waals surface area contributed by atoms with Gasteiger partial charge in [0.25, 0.3) is 0 Å². The fourth-order valence-corrected chi connectivity index (χ4v) is 16.9. The molecule has 3 N–H and O–H groups in total. The second-order valence-electron chi connectivity index (χ2n) is 29.9. The largest absolute Gasteiger partial charge is 0.392 e. The van der Waals surface area contributed by atoms with E-state index in [0.717, 1.165) is 132 Å². The van der Waals surface area contributed by atoms with Crippen LogP contribution in [0.25, 0.3) is 43.6 Å². The monoisotopic (exact) mass is 1480 g/mol. The molecular formula is C84H91Cl4F3N10O3. The first-order chi connectivity index (χ1) is 49.6. The Bertz CT molecular complexity index is 5110. The Morgan fingerprint density at radius 1 is 0.433 bits per heavy atom. The number of aliphatic hydroxyl groups is 3. The summed E-state index contributed by atoms with van der Waals surface area (Å²) in [4.78, 5) is 17.4. The van der Waals surface area contributed by atoms with E-state index >= 15 is 8.78 Å². The average molecular weight is 1490 g/mol. The van der Waals surface area contributed by atoms with Gasteiger partial charge in [-0.3, -0.25) is 9.97 Å². The molecule has 12 aromatic rings. The predicted molar refractivity (Wildman–Crippen MR) is 416 cm³/mol. The second-order valence-corrected chi connectivity index (χ2v) is 31.6. The fourth-order valence-electron chi connectivity index (χ4n) is 15.9. The van der Waals surface area contributed by atoms with Gasteiger partial charge in [-0.05, 0) is 193 Å². The van der Waals surface area contributed by atoms with E-state index in [-0.39, 0.29) is 19.0 Å². The molecule has 6 aromatic carbocycles. The van der Waals surface area contributed by atoms with E-state index in [2.05, 4.69) is 101 Å². The van der Waals surface area contributed by atoms with Crippen molar-refractivity contribution in [1.29, 1.82) is 0 Å². The zero-order valence-corrected chi connectivity index (χ0v) is 63.6. The van der Waals surface area contributed by atoms with Crippen LogP contribution in [0.1, 0.15) is 106 Å². The Balaban J connectivity index is 0.000000123. The zero-order valence-electron chi connectivity index (χ0n) is 60.6. The van der Waals surface area contributed by atoms with E-state index in [1.165, 1.54) is 68.1 Å². The number of alkyl halides is 2. The summed E-state index contributed by atoms with van der Waals surface area (Å²) in [6, 6.07) is 42.9. The average Bonchev–Trinajstić information content (AvgIpc) is 1.63. The maximum absolute atomic E-state index is 15.6. The van der Waals surface area contributed by atoms with Gasteiger partial charge in [0, 0.05) is 206 Å². The number of nitrogens with zero attached hydrogens (tertiary/aromatic N) is 10. The van der Waals surface area contributed by atoms with Gasteiger partial charge in [0.1, 0.15) is 17.0 Å². The smallest absolute Gasteiger partial charge is 0.152 e. The molecule has 544 valence electrons. The van der Waals surface area contributed by atoms with Crippen LogP contribution in [0.4, 0.5) is 13.2 Å². The maximum atomic E-state index is 15.6. The molecule has 10 heterocycles. The number of benzene rings is 6.